The number of aromatic nitrogens is 1. The standard InChI is InChI=1S/C19H29N3O3S/c1-3-26-7-6-22-11-14-8-16(17(23)9-15(14)12-22)20-19(25)13-4-5-21(2)18(24)10-13/h4-5,10,14-17,23H,3,6-9,11-12H2,1-2H3,(H,20,25)/t14-,15+,16-,17-/m0/s1. The van der Waals surface area contributed by atoms with Gasteiger partial charge in [-0.1, -0.05) is 6.92 Å². The van der Waals surface area contributed by atoms with E-state index in [1.807, 2.05) is 11.8 Å². The fourth-order valence-electron chi connectivity index (χ4n) is 4.14. The molecule has 1 saturated heterocycles. The highest BCUT2D eigenvalue weighted by atomic mass is 32.2. The fraction of sp³-hybridized carbons (Fsp3) is 0.684. The highest BCUT2D eigenvalue weighted by Crippen LogP contribution is 2.36. The summed E-state index contributed by atoms with van der Waals surface area (Å²) in [5.74, 6) is 3.07. The van der Waals surface area contributed by atoms with Crippen molar-refractivity contribution in [1.29, 1.82) is 0 Å². The van der Waals surface area contributed by atoms with E-state index in [0.29, 0.717) is 17.4 Å². The van der Waals surface area contributed by atoms with Crippen molar-refractivity contribution in [2.24, 2.45) is 18.9 Å². The largest absolute Gasteiger partial charge is 0.391 e. The van der Waals surface area contributed by atoms with Crippen molar-refractivity contribution in [3.05, 3.63) is 34.2 Å². The first-order valence-corrected chi connectivity index (χ1v) is 10.6. The topological polar surface area (TPSA) is 74.6 Å². The lowest BCUT2D eigenvalue weighted by Crippen LogP contribution is -2.49. The van der Waals surface area contributed by atoms with Crippen molar-refractivity contribution in [2.45, 2.75) is 31.9 Å². The van der Waals surface area contributed by atoms with Crippen LogP contribution in [-0.4, -0.2) is 63.8 Å². The van der Waals surface area contributed by atoms with Crippen molar-refractivity contribution in [1.82, 2.24) is 14.8 Å². The summed E-state index contributed by atoms with van der Waals surface area (Å²) in [4.78, 5) is 26.7. The molecule has 26 heavy (non-hydrogen) atoms. The number of carbonyl (C=O) groups excluding carboxylic acids is 1. The van der Waals surface area contributed by atoms with E-state index in [0.717, 1.165) is 44.0 Å². The number of thioether (sulfide) groups is 1. The van der Waals surface area contributed by atoms with Crippen molar-refractivity contribution in [2.75, 3.05) is 31.1 Å². The van der Waals surface area contributed by atoms with Gasteiger partial charge in [0.1, 0.15) is 0 Å². The molecule has 2 N–H and O–H groups in total. The third-order valence-electron chi connectivity index (χ3n) is 5.66. The molecule has 1 saturated carbocycles. The highest BCUT2D eigenvalue weighted by Gasteiger charge is 2.41. The Morgan fingerprint density at radius 3 is 2.77 bits per heavy atom. The molecule has 1 aliphatic carbocycles. The summed E-state index contributed by atoms with van der Waals surface area (Å²) >= 11 is 1.96. The molecule has 2 heterocycles. The molecule has 1 aromatic heterocycles. The van der Waals surface area contributed by atoms with Crippen LogP contribution in [0, 0.1) is 11.8 Å². The van der Waals surface area contributed by atoms with E-state index in [9.17, 15) is 14.7 Å². The van der Waals surface area contributed by atoms with Crippen LogP contribution in [0.1, 0.15) is 30.1 Å². The summed E-state index contributed by atoms with van der Waals surface area (Å²) in [7, 11) is 1.65. The number of amides is 1. The Hall–Kier alpha value is -1.31. The van der Waals surface area contributed by atoms with Gasteiger partial charge in [0, 0.05) is 50.3 Å². The van der Waals surface area contributed by atoms with Crippen LogP contribution in [-0.2, 0) is 7.05 Å². The highest BCUT2D eigenvalue weighted by molar-refractivity contribution is 7.99. The minimum absolute atomic E-state index is 0.210. The maximum absolute atomic E-state index is 12.5. The van der Waals surface area contributed by atoms with Crippen molar-refractivity contribution in [3.8, 4) is 0 Å². The number of aliphatic hydroxyl groups is 1. The second kappa shape index (κ2) is 8.59. The summed E-state index contributed by atoms with van der Waals surface area (Å²) in [5, 5.41) is 13.5. The number of carbonyl (C=O) groups is 1. The maximum Gasteiger partial charge on any atom is 0.251 e. The van der Waals surface area contributed by atoms with Crippen LogP contribution < -0.4 is 10.9 Å². The summed E-state index contributed by atoms with van der Waals surface area (Å²) in [6.07, 6.45) is 2.62. The number of hydrogen-bond acceptors (Lipinski definition) is 5. The summed E-state index contributed by atoms with van der Waals surface area (Å²) < 4.78 is 1.43. The van der Waals surface area contributed by atoms with Crippen LogP contribution in [0.2, 0.25) is 0 Å². The summed E-state index contributed by atoms with van der Waals surface area (Å²) in [6.45, 7) is 5.40. The second-order valence-corrected chi connectivity index (χ2v) is 8.85. The summed E-state index contributed by atoms with van der Waals surface area (Å²) in [6, 6.07) is 2.74. The molecule has 6 nitrogen and oxygen atoms in total. The van der Waals surface area contributed by atoms with Gasteiger partial charge in [-0.15, -0.1) is 0 Å². The van der Waals surface area contributed by atoms with Gasteiger partial charge < -0.3 is 19.9 Å². The molecular weight excluding hydrogens is 350 g/mol. The number of fused-ring (bicyclic) bond motifs is 1. The maximum atomic E-state index is 12.5. The second-order valence-electron chi connectivity index (χ2n) is 7.46. The quantitative estimate of drug-likeness (QED) is 0.720. The Morgan fingerprint density at radius 1 is 1.35 bits per heavy atom. The van der Waals surface area contributed by atoms with E-state index in [1.54, 1.807) is 19.3 Å². The molecule has 7 heteroatoms. The number of likely N-dealkylation sites (tertiary alicyclic amines) is 1. The minimum atomic E-state index is -0.517. The van der Waals surface area contributed by atoms with Crippen LogP contribution in [0.5, 0.6) is 0 Å². The van der Waals surface area contributed by atoms with E-state index >= 15 is 0 Å². The van der Waals surface area contributed by atoms with Crippen LogP contribution in [0.4, 0.5) is 0 Å². The van der Waals surface area contributed by atoms with Crippen molar-refractivity contribution < 1.29 is 9.90 Å². The first kappa shape index (κ1) is 19.5. The number of aliphatic hydroxyl groups excluding tert-OH is 1. The average molecular weight is 380 g/mol. The molecule has 2 fully saturated rings. The van der Waals surface area contributed by atoms with Crippen molar-refractivity contribution >= 4 is 17.7 Å². The molecule has 4 atom stereocenters. The third kappa shape index (κ3) is 4.50. The normalized spacial score (nSPS) is 28.7. The van der Waals surface area contributed by atoms with Gasteiger partial charge in [-0.05, 0) is 36.5 Å². The zero-order valence-corrected chi connectivity index (χ0v) is 16.4. The zero-order valence-electron chi connectivity index (χ0n) is 15.6. The molecule has 1 amide bonds. The van der Waals surface area contributed by atoms with Gasteiger partial charge in [0.25, 0.3) is 11.5 Å². The monoisotopic (exact) mass is 379 g/mol. The Morgan fingerprint density at radius 2 is 2.08 bits per heavy atom. The van der Waals surface area contributed by atoms with E-state index in [1.165, 1.54) is 10.6 Å². The molecule has 2 aliphatic rings. The number of pyridine rings is 1. The number of aryl methyl sites for hydroxylation is 1. The minimum Gasteiger partial charge on any atom is -0.391 e. The molecule has 3 rings (SSSR count). The smallest absolute Gasteiger partial charge is 0.251 e. The van der Waals surface area contributed by atoms with E-state index < -0.39 is 6.10 Å². The SMILES string of the molecule is CCSCCN1C[C@H]2C[C@H](O)[C@@H](NC(=O)c3ccn(C)c(=O)c3)C[C@H]2C1. The Labute approximate surface area is 159 Å². The lowest BCUT2D eigenvalue weighted by Gasteiger charge is -2.35. The molecule has 0 radical (unpaired) electrons. The lowest BCUT2D eigenvalue weighted by atomic mass is 9.77. The predicted molar refractivity (Wildman–Crippen MR) is 105 cm³/mol. The van der Waals surface area contributed by atoms with Crippen LogP contribution >= 0.6 is 11.8 Å². The van der Waals surface area contributed by atoms with Gasteiger partial charge in [-0.25, -0.2) is 0 Å². The number of hydrogen-bond donors (Lipinski definition) is 2. The Bertz CT molecular complexity index is 693. The predicted octanol–water partition coefficient (Wildman–Crippen LogP) is 0.940. The lowest BCUT2D eigenvalue weighted by molar-refractivity contribution is 0.0461. The van der Waals surface area contributed by atoms with Gasteiger partial charge in [0.05, 0.1) is 12.1 Å². The van der Waals surface area contributed by atoms with Crippen LogP contribution in [0.25, 0.3) is 0 Å². The number of nitrogens with one attached hydrogen (secondary N) is 1. The molecule has 0 aromatic carbocycles. The molecular formula is C19H29N3O3S. The van der Waals surface area contributed by atoms with Gasteiger partial charge in [0.2, 0.25) is 0 Å². The van der Waals surface area contributed by atoms with E-state index in [4.69, 9.17) is 0 Å². The molecule has 0 spiro atoms. The zero-order chi connectivity index (χ0) is 18.7. The number of rotatable bonds is 6. The van der Waals surface area contributed by atoms with Gasteiger partial charge in [-0.3, -0.25) is 9.59 Å². The summed E-state index contributed by atoms with van der Waals surface area (Å²) in [5.41, 5.74) is 0.144. The van der Waals surface area contributed by atoms with Crippen LogP contribution in [0.3, 0.4) is 0 Å². The fourth-order valence-corrected chi connectivity index (χ4v) is 4.82. The molecule has 0 bridgehead atoms. The third-order valence-corrected chi connectivity index (χ3v) is 6.54. The molecule has 144 valence electrons. The molecule has 1 aromatic rings. The first-order chi connectivity index (χ1) is 12.5. The van der Waals surface area contributed by atoms with E-state index in [-0.39, 0.29) is 17.5 Å². The van der Waals surface area contributed by atoms with Gasteiger partial charge in [0.15, 0.2) is 0 Å². The Balaban J connectivity index is 1.57. The molecule has 0 unspecified atom stereocenters. The van der Waals surface area contributed by atoms with E-state index in [2.05, 4.69) is 17.1 Å². The first-order valence-electron chi connectivity index (χ1n) is 9.43. The average Bonchev–Trinajstić information content (AvgIpc) is 2.99. The van der Waals surface area contributed by atoms with Gasteiger partial charge >= 0.3 is 0 Å². The van der Waals surface area contributed by atoms with Gasteiger partial charge in [-0.2, -0.15) is 11.8 Å². The molecule has 1 aliphatic heterocycles. The van der Waals surface area contributed by atoms with Crippen molar-refractivity contribution in [3.63, 3.8) is 0 Å². The number of nitrogens with zero attached hydrogens (tertiary/aromatic N) is 2. The Kier molecular flexibility index (Phi) is 6.42. The van der Waals surface area contributed by atoms with Crippen LogP contribution in [0.15, 0.2) is 23.1 Å².